The first-order valence-corrected chi connectivity index (χ1v) is 13.9. The van der Waals surface area contributed by atoms with E-state index in [0.29, 0.717) is 28.8 Å². The summed E-state index contributed by atoms with van der Waals surface area (Å²) in [4.78, 5) is 38.6. The molecular weight excluding hydrogens is 544 g/mol. The van der Waals surface area contributed by atoms with Crippen LogP contribution in [0.15, 0.2) is 82.6 Å². The maximum atomic E-state index is 12.9. The Labute approximate surface area is 229 Å². The average Bonchev–Trinajstić information content (AvgIpc) is 3.18. The lowest BCUT2D eigenvalue weighted by Crippen LogP contribution is -2.36. The largest absolute Gasteiger partial charge is 0.497 e. The third-order valence-electron chi connectivity index (χ3n) is 5.35. The number of hydrogen-bond acceptors (Lipinski definition) is 9. The highest BCUT2D eigenvalue weighted by atomic mass is 32.2. The minimum absolute atomic E-state index is 0.0458. The Bertz CT molecular complexity index is 1520. The Kier molecular flexibility index (Phi) is 8.57. The molecule has 1 fully saturated rings. The fourth-order valence-corrected chi connectivity index (χ4v) is 5.29. The van der Waals surface area contributed by atoms with Crippen molar-refractivity contribution in [3.63, 3.8) is 0 Å². The topological polar surface area (TPSA) is 128 Å². The van der Waals surface area contributed by atoms with Crippen molar-refractivity contribution in [1.82, 2.24) is 4.90 Å². The van der Waals surface area contributed by atoms with Crippen LogP contribution < -0.4 is 19.0 Å². The molecule has 0 aromatic heterocycles. The lowest BCUT2D eigenvalue weighted by Gasteiger charge is -2.13. The summed E-state index contributed by atoms with van der Waals surface area (Å²) in [5, 5.41) is 2.06. The van der Waals surface area contributed by atoms with Gasteiger partial charge in [-0.3, -0.25) is 19.3 Å². The lowest BCUT2D eigenvalue weighted by molar-refractivity contribution is -0.127. The summed E-state index contributed by atoms with van der Waals surface area (Å²) < 4.78 is 41.5. The number of imide groups is 1. The summed E-state index contributed by atoms with van der Waals surface area (Å²) >= 11 is 0.699. The molecule has 1 heterocycles. The van der Waals surface area contributed by atoms with Crippen molar-refractivity contribution in [3.8, 4) is 17.2 Å². The van der Waals surface area contributed by atoms with Crippen LogP contribution in [0.1, 0.15) is 12.5 Å². The number of rotatable bonds is 10. The van der Waals surface area contributed by atoms with Gasteiger partial charge in [0.15, 0.2) is 11.5 Å². The fourth-order valence-electron chi connectivity index (χ4n) is 3.51. The van der Waals surface area contributed by atoms with Crippen LogP contribution in [0.3, 0.4) is 0 Å². The summed E-state index contributed by atoms with van der Waals surface area (Å²) in [6, 6.07) is 18.8. The molecule has 0 bridgehead atoms. The fraction of sp³-hybridized carbons (Fsp3) is 0.148. The van der Waals surface area contributed by atoms with Crippen LogP contribution in [-0.2, 0) is 19.7 Å². The Morgan fingerprint density at radius 2 is 1.72 bits per heavy atom. The maximum absolute atomic E-state index is 12.9. The zero-order valence-electron chi connectivity index (χ0n) is 20.9. The summed E-state index contributed by atoms with van der Waals surface area (Å²) in [6.07, 6.45) is 1.46. The van der Waals surface area contributed by atoms with Crippen molar-refractivity contribution in [2.45, 2.75) is 11.8 Å². The van der Waals surface area contributed by atoms with Gasteiger partial charge in [-0.25, -0.2) is 0 Å². The van der Waals surface area contributed by atoms with Crippen LogP contribution in [0.2, 0.25) is 0 Å². The predicted octanol–water partition coefficient (Wildman–Crippen LogP) is 4.54. The number of carbonyl (C=O) groups is 3. The molecule has 3 aromatic carbocycles. The first kappa shape index (κ1) is 27.7. The van der Waals surface area contributed by atoms with E-state index in [1.807, 2.05) is 0 Å². The van der Waals surface area contributed by atoms with E-state index in [1.54, 1.807) is 37.3 Å². The first-order chi connectivity index (χ1) is 18.7. The van der Waals surface area contributed by atoms with E-state index in [-0.39, 0.29) is 27.9 Å². The quantitative estimate of drug-likeness (QED) is 0.277. The van der Waals surface area contributed by atoms with Crippen molar-refractivity contribution in [2.75, 3.05) is 25.6 Å². The van der Waals surface area contributed by atoms with Gasteiger partial charge in [0.25, 0.3) is 11.1 Å². The van der Waals surface area contributed by atoms with Crippen molar-refractivity contribution in [3.05, 3.63) is 83.3 Å². The molecule has 1 aliphatic heterocycles. The second-order valence-corrected chi connectivity index (χ2v) is 10.6. The SMILES string of the molecule is CCOc1cc(/C=C2\SC(=O)N(CC(=O)Nc3ccccc3)C2=O)ccc1OS(=O)(=O)c1ccc(OC)cc1. The number of nitrogens with zero attached hydrogens (tertiary/aromatic N) is 1. The van der Waals surface area contributed by atoms with Gasteiger partial charge < -0.3 is 19.0 Å². The van der Waals surface area contributed by atoms with Crippen LogP contribution in [0, 0.1) is 0 Å². The molecule has 202 valence electrons. The first-order valence-electron chi connectivity index (χ1n) is 11.7. The zero-order chi connectivity index (χ0) is 28.0. The van der Waals surface area contributed by atoms with E-state index in [9.17, 15) is 22.8 Å². The van der Waals surface area contributed by atoms with Crippen molar-refractivity contribution in [1.29, 1.82) is 0 Å². The van der Waals surface area contributed by atoms with Gasteiger partial charge in [0.2, 0.25) is 5.91 Å². The van der Waals surface area contributed by atoms with Crippen LogP contribution >= 0.6 is 11.8 Å². The van der Waals surface area contributed by atoms with Gasteiger partial charge in [-0.05, 0) is 78.9 Å². The van der Waals surface area contributed by atoms with E-state index < -0.39 is 33.7 Å². The van der Waals surface area contributed by atoms with Crippen molar-refractivity contribution < 1.29 is 36.5 Å². The van der Waals surface area contributed by atoms with Crippen LogP contribution in [0.4, 0.5) is 10.5 Å². The molecule has 0 spiro atoms. The van der Waals surface area contributed by atoms with E-state index in [0.717, 1.165) is 4.90 Å². The molecule has 0 saturated carbocycles. The highest BCUT2D eigenvalue weighted by molar-refractivity contribution is 8.18. The Morgan fingerprint density at radius 3 is 2.38 bits per heavy atom. The second kappa shape index (κ2) is 12.0. The third-order valence-corrected chi connectivity index (χ3v) is 7.50. The molecule has 39 heavy (non-hydrogen) atoms. The highest BCUT2D eigenvalue weighted by Crippen LogP contribution is 2.35. The van der Waals surface area contributed by atoms with Gasteiger partial charge in [-0.15, -0.1) is 0 Å². The number of hydrogen-bond donors (Lipinski definition) is 1. The molecular formula is C27H24N2O8S2. The van der Waals surface area contributed by atoms with Crippen LogP contribution in [0.25, 0.3) is 6.08 Å². The van der Waals surface area contributed by atoms with Gasteiger partial charge in [0, 0.05) is 5.69 Å². The van der Waals surface area contributed by atoms with E-state index in [1.165, 1.54) is 55.7 Å². The highest BCUT2D eigenvalue weighted by Gasteiger charge is 2.36. The van der Waals surface area contributed by atoms with Crippen molar-refractivity contribution in [2.24, 2.45) is 0 Å². The molecule has 4 rings (SSSR count). The molecule has 10 nitrogen and oxygen atoms in total. The summed E-state index contributed by atoms with van der Waals surface area (Å²) in [6.45, 7) is 1.51. The Morgan fingerprint density at radius 1 is 1.00 bits per heavy atom. The van der Waals surface area contributed by atoms with Gasteiger partial charge >= 0.3 is 10.1 Å². The number of carbonyl (C=O) groups excluding carboxylic acids is 3. The molecule has 0 unspecified atom stereocenters. The summed E-state index contributed by atoms with van der Waals surface area (Å²) in [7, 11) is -2.70. The predicted molar refractivity (Wildman–Crippen MR) is 146 cm³/mol. The van der Waals surface area contributed by atoms with Crippen molar-refractivity contribution >= 4 is 50.7 Å². The smallest absolute Gasteiger partial charge is 0.339 e. The van der Waals surface area contributed by atoms with E-state index in [2.05, 4.69) is 5.32 Å². The van der Waals surface area contributed by atoms with E-state index >= 15 is 0 Å². The van der Waals surface area contributed by atoms with Crippen LogP contribution in [-0.4, -0.2) is 50.6 Å². The normalized spacial score (nSPS) is 14.4. The zero-order valence-corrected chi connectivity index (χ0v) is 22.6. The maximum Gasteiger partial charge on any atom is 0.339 e. The van der Waals surface area contributed by atoms with E-state index in [4.69, 9.17) is 13.7 Å². The van der Waals surface area contributed by atoms with Gasteiger partial charge in [0.05, 0.1) is 18.6 Å². The molecule has 0 atom stereocenters. The van der Waals surface area contributed by atoms with Crippen LogP contribution in [0.5, 0.6) is 17.2 Å². The number of methoxy groups -OCH3 is 1. The Balaban J connectivity index is 1.50. The minimum atomic E-state index is -4.17. The molecule has 0 radical (unpaired) electrons. The van der Waals surface area contributed by atoms with Gasteiger partial charge in [0.1, 0.15) is 17.2 Å². The molecule has 12 heteroatoms. The summed E-state index contributed by atoms with van der Waals surface area (Å²) in [5.41, 5.74) is 1.01. The Hall–Kier alpha value is -4.29. The molecule has 0 aliphatic carbocycles. The monoisotopic (exact) mass is 568 g/mol. The average molecular weight is 569 g/mol. The molecule has 3 aromatic rings. The minimum Gasteiger partial charge on any atom is -0.497 e. The number of nitrogens with one attached hydrogen (secondary N) is 1. The molecule has 1 aliphatic rings. The third kappa shape index (κ3) is 6.78. The number of anilines is 1. The van der Waals surface area contributed by atoms with Gasteiger partial charge in [-0.2, -0.15) is 8.42 Å². The molecule has 1 N–H and O–H groups in total. The molecule has 3 amide bonds. The molecule has 1 saturated heterocycles. The number of para-hydroxylation sites is 1. The number of benzene rings is 3. The lowest BCUT2D eigenvalue weighted by atomic mass is 10.2. The number of thioether (sulfide) groups is 1. The number of ether oxygens (including phenoxy) is 2. The number of amides is 3. The summed E-state index contributed by atoms with van der Waals surface area (Å²) in [5.74, 6) is -0.550. The van der Waals surface area contributed by atoms with Gasteiger partial charge in [-0.1, -0.05) is 24.3 Å². The second-order valence-electron chi connectivity index (χ2n) is 8.03. The standard InChI is InChI=1S/C27H24N2O8S2/c1-3-36-23-15-18(9-14-22(23)37-39(33,34)21-12-10-20(35-2)11-13-21)16-24-26(31)29(27(32)38-24)17-25(30)28-19-7-5-4-6-8-19/h4-16H,3,17H2,1-2H3,(H,28,30)/b24-16-.